The van der Waals surface area contributed by atoms with Crippen LogP contribution < -0.4 is 5.32 Å². The van der Waals surface area contributed by atoms with E-state index in [1.807, 2.05) is 0 Å². The van der Waals surface area contributed by atoms with Gasteiger partial charge < -0.3 is 5.32 Å². The van der Waals surface area contributed by atoms with Gasteiger partial charge in [0.25, 0.3) is 0 Å². The molecule has 12 heavy (non-hydrogen) atoms. The SMILES string of the molecule is C#CCCN1OC(C)(C)NC1=O. The number of urea groups is 1. The smallest absolute Gasteiger partial charge is 0.306 e. The van der Waals surface area contributed by atoms with E-state index in [2.05, 4.69) is 11.2 Å². The van der Waals surface area contributed by atoms with E-state index in [0.717, 1.165) is 0 Å². The van der Waals surface area contributed by atoms with Gasteiger partial charge in [-0.15, -0.1) is 12.3 Å². The van der Waals surface area contributed by atoms with E-state index in [1.54, 1.807) is 13.8 Å². The third-order valence-corrected chi connectivity index (χ3v) is 1.43. The summed E-state index contributed by atoms with van der Waals surface area (Å²) in [6.07, 6.45) is 5.56. The highest BCUT2D eigenvalue weighted by Crippen LogP contribution is 2.16. The van der Waals surface area contributed by atoms with E-state index in [0.29, 0.717) is 13.0 Å². The van der Waals surface area contributed by atoms with Gasteiger partial charge in [0.15, 0.2) is 5.72 Å². The molecule has 0 aromatic carbocycles. The molecule has 0 radical (unpaired) electrons. The van der Waals surface area contributed by atoms with Crippen LogP contribution >= 0.6 is 0 Å². The highest BCUT2D eigenvalue weighted by molar-refractivity contribution is 5.75. The van der Waals surface area contributed by atoms with E-state index in [9.17, 15) is 4.79 Å². The molecule has 0 saturated carbocycles. The average molecular weight is 168 g/mol. The first-order valence-corrected chi connectivity index (χ1v) is 3.77. The maximum Gasteiger partial charge on any atom is 0.343 e. The van der Waals surface area contributed by atoms with Gasteiger partial charge in [0, 0.05) is 6.42 Å². The number of amides is 2. The van der Waals surface area contributed by atoms with Crippen LogP contribution in [-0.4, -0.2) is 23.4 Å². The quantitative estimate of drug-likeness (QED) is 0.617. The van der Waals surface area contributed by atoms with Crippen molar-refractivity contribution in [2.24, 2.45) is 0 Å². The average Bonchev–Trinajstić information content (AvgIpc) is 2.20. The molecule has 1 N–H and O–H groups in total. The largest absolute Gasteiger partial charge is 0.343 e. The molecular weight excluding hydrogens is 156 g/mol. The Bertz CT molecular complexity index is 230. The lowest BCUT2D eigenvalue weighted by Gasteiger charge is -2.16. The van der Waals surface area contributed by atoms with Gasteiger partial charge in [-0.05, 0) is 13.8 Å². The molecule has 0 aliphatic carbocycles. The van der Waals surface area contributed by atoms with Crippen LogP contribution in [0.5, 0.6) is 0 Å². The number of hydroxylamine groups is 2. The Morgan fingerprint density at radius 1 is 1.75 bits per heavy atom. The number of carbonyl (C=O) groups excluding carboxylic acids is 1. The third kappa shape index (κ3) is 1.89. The summed E-state index contributed by atoms with van der Waals surface area (Å²) in [4.78, 5) is 16.4. The number of carbonyl (C=O) groups is 1. The molecule has 0 aromatic rings. The van der Waals surface area contributed by atoms with Crippen LogP contribution in [0.15, 0.2) is 0 Å². The van der Waals surface area contributed by atoms with Gasteiger partial charge in [-0.2, -0.15) is 5.06 Å². The van der Waals surface area contributed by atoms with E-state index in [1.165, 1.54) is 5.06 Å². The predicted molar refractivity (Wildman–Crippen MR) is 43.9 cm³/mol. The van der Waals surface area contributed by atoms with Gasteiger partial charge in [-0.25, -0.2) is 9.63 Å². The fourth-order valence-electron chi connectivity index (χ4n) is 0.973. The summed E-state index contributed by atoms with van der Waals surface area (Å²) in [6, 6.07) is -0.227. The van der Waals surface area contributed by atoms with Gasteiger partial charge in [0.1, 0.15) is 0 Å². The molecule has 0 aromatic heterocycles. The van der Waals surface area contributed by atoms with E-state index in [-0.39, 0.29) is 6.03 Å². The van der Waals surface area contributed by atoms with Crippen molar-refractivity contribution in [1.82, 2.24) is 10.4 Å². The summed E-state index contributed by atoms with van der Waals surface area (Å²) in [5.74, 6) is 2.44. The molecule has 4 nitrogen and oxygen atoms in total. The second-order valence-corrected chi connectivity index (χ2v) is 3.09. The first-order chi connectivity index (χ1) is 5.55. The Labute approximate surface area is 71.8 Å². The zero-order chi connectivity index (χ0) is 9.19. The standard InChI is InChI=1S/C8H12N2O2/c1-4-5-6-10-7(11)9-8(2,3)12-10/h1H,5-6H2,2-3H3,(H,9,11). The Hall–Kier alpha value is -1.21. The maximum atomic E-state index is 11.1. The summed E-state index contributed by atoms with van der Waals surface area (Å²) >= 11 is 0. The number of nitrogens with zero attached hydrogens (tertiary/aromatic N) is 1. The number of nitrogens with one attached hydrogen (secondary N) is 1. The number of hydrogen-bond acceptors (Lipinski definition) is 2. The van der Waals surface area contributed by atoms with Gasteiger partial charge in [0.2, 0.25) is 0 Å². The van der Waals surface area contributed by atoms with Gasteiger partial charge in [-0.3, -0.25) is 0 Å². The van der Waals surface area contributed by atoms with E-state index >= 15 is 0 Å². The van der Waals surface area contributed by atoms with Crippen LogP contribution in [0.25, 0.3) is 0 Å². The lowest BCUT2D eigenvalue weighted by molar-refractivity contribution is -0.164. The number of terminal acetylenes is 1. The lowest BCUT2D eigenvalue weighted by Crippen LogP contribution is -2.35. The fraction of sp³-hybridized carbons (Fsp3) is 0.625. The Morgan fingerprint density at radius 2 is 2.42 bits per heavy atom. The van der Waals surface area contributed by atoms with Crippen molar-refractivity contribution in [3.8, 4) is 12.3 Å². The molecule has 1 heterocycles. The summed E-state index contributed by atoms with van der Waals surface area (Å²) in [5, 5.41) is 3.90. The maximum absolute atomic E-state index is 11.1. The van der Waals surface area contributed by atoms with Crippen LogP contribution in [0.1, 0.15) is 20.3 Å². The number of hydrogen-bond donors (Lipinski definition) is 1. The van der Waals surface area contributed by atoms with Crippen LogP contribution in [-0.2, 0) is 4.84 Å². The number of rotatable bonds is 2. The van der Waals surface area contributed by atoms with Gasteiger partial charge in [0.05, 0.1) is 6.54 Å². The van der Waals surface area contributed by atoms with Crippen molar-refractivity contribution in [1.29, 1.82) is 0 Å². The molecule has 1 aliphatic rings. The second-order valence-electron chi connectivity index (χ2n) is 3.09. The molecule has 0 bridgehead atoms. The predicted octanol–water partition coefficient (Wildman–Crippen LogP) is 0.703. The highest BCUT2D eigenvalue weighted by Gasteiger charge is 2.35. The van der Waals surface area contributed by atoms with Crippen LogP contribution in [0.3, 0.4) is 0 Å². The molecule has 1 fully saturated rings. The normalized spacial score (nSPS) is 20.4. The minimum absolute atomic E-state index is 0.227. The third-order valence-electron chi connectivity index (χ3n) is 1.43. The topological polar surface area (TPSA) is 41.6 Å². The van der Waals surface area contributed by atoms with Crippen molar-refractivity contribution in [2.75, 3.05) is 6.54 Å². The lowest BCUT2D eigenvalue weighted by atomic mass is 10.3. The van der Waals surface area contributed by atoms with Crippen LogP contribution in [0.2, 0.25) is 0 Å². The zero-order valence-corrected chi connectivity index (χ0v) is 7.26. The first kappa shape index (κ1) is 8.88. The summed E-state index contributed by atoms with van der Waals surface area (Å²) < 4.78 is 0. The summed E-state index contributed by atoms with van der Waals surface area (Å²) in [7, 11) is 0. The molecule has 1 saturated heterocycles. The zero-order valence-electron chi connectivity index (χ0n) is 7.26. The minimum Gasteiger partial charge on any atom is -0.306 e. The molecule has 0 unspecified atom stereocenters. The van der Waals surface area contributed by atoms with Crippen LogP contribution in [0, 0.1) is 12.3 Å². The molecule has 2 amide bonds. The van der Waals surface area contributed by atoms with Crippen molar-refractivity contribution in [2.45, 2.75) is 26.0 Å². The molecule has 4 heteroatoms. The Morgan fingerprint density at radius 3 is 2.83 bits per heavy atom. The van der Waals surface area contributed by atoms with Crippen molar-refractivity contribution in [3.05, 3.63) is 0 Å². The van der Waals surface area contributed by atoms with E-state index < -0.39 is 5.72 Å². The highest BCUT2D eigenvalue weighted by atomic mass is 16.7. The van der Waals surface area contributed by atoms with E-state index in [4.69, 9.17) is 11.3 Å². The monoisotopic (exact) mass is 168 g/mol. The van der Waals surface area contributed by atoms with Gasteiger partial charge >= 0.3 is 6.03 Å². The van der Waals surface area contributed by atoms with Gasteiger partial charge in [-0.1, -0.05) is 0 Å². The van der Waals surface area contributed by atoms with Crippen molar-refractivity contribution in [3.63, 3.8) is 0 Å². The molecule has 66 valence electrons. The second kappa shape index (κ2) is 3.03. The van der Waals surface area contributed by atoms with Crippen molar-refractivity contribution < 1.29 is 9.63 Å². The van der Waals surface area contributed by atoms with Crippen molar-refractivity contribution >= 4 is 6.03 Å². The molecule has 0 atom stereocenters. The Kier molecular flexibility index (Phi) is 2.25. The summed E-state index contributed by atoms with van der Waals surface area (Å²) in [5.41, 5.74) is -0.605. The summed E-state index contributed by atoms with van der Waals surface area (Å²) in [6.45, 7) is 3.99. The molecule has 1 rings (SSSR count). The minimum atomic E-state index is -0.605. The first-order valence-electron chi connectivity index (χ1n) is 3.77. The molecule has 1 aliphatic heterocycles. The Balaban J connectivity index is 2.48. The molecule has 0 spiro atoms. The van der Waals surface area contributed by atoms with Crippen LogP contribution in [0.4, 0.5) is 4.79 Å². The fourth-order valence-corrected chi connectivity index (χ4v) is 0.973. The molecular formula is C8H12N2O2.